The molecule has 0 radical (unpaired) electrons. The van der Waals surface area contributed by atoms with Crippen LogP contribution >= 0.6 is 0 Å². The molecule has 0 saturated heterocycles. The zero-order valence-electron chi connectivity index (χ0n) is 29.5. The second-order valence-corrected chi connectivity index (χ2v) is 13.9. The van der Waals surface area contributed by atoms with Crippen molar-refractivity contribution < 1.29 is 0 Å². The fourth-order valence-electron chi connectivity index (χ4n) is 8.85. The minimum atomic E-state index is 0.584. The number of para-hydroxylation sites is 4. The molecule has 0 fully saturated rings. The molecular formula is C50H29N5. The minimum absolute atomic E-state index is 0.584. The monoisotopic (exact) mass is 699 g/mol. The number of benzene rings is 8. The summed E-state index contributed by atoms with van der Waals surface area (Å²) in [5.41, 5.74) is 12.5. The largest absolute Gasteiger partial charge is 0.309 e. The number of hydrogen-bond donors (Lipinski definition) is 0. The molecule has 8 aromatic carbocycles. The first kappa shape index (κ1) is 30.7. The number of nitriles is 2. The molecule has 0 aliphatic rings. The van der Waals surface area contributed by atoms with Gasteiger partial charge in [0.15, 0.2) is 0 Å². The third-order valence-corrected chi connectivity index (χ3v) is 11.1. The highest BCUT2D eigenvalue weighted by molar-refractivity contribution is 6.16. The molecule has 0 saturated carbocycles. The average Bonchev–Trinajstić information content (AvgIpc) is 3.89. The zero-order valence-corrected chi connectivity index (χ0v) is 29.5. The van der Waals surface area contributed by atoms with Crippen LogP contribution in [0.5, 0.6) is 0 Å². The van der Waals surface area contributed by atoms with E-state index in [2.05, 4.69) is 159 Å². The van der Waals surface area contributed by atoms with E-state index >= 15 is 0 Å². The van der Waals surface area contributed by atoms with Crippen molar-refractivity contribution in [3.8, 4) is 40.3 Å². The van der Waals surface area contributed by atoms with Crippen LogP contribution in [0.4, 0.5) is 0 Å². The Hall–Kier alpha value is -7.86. The number of nitrogens with zero attached hydrogens (tertiary/aromatic N) is 5. The Balaban J connectivity index is 1.13. The molecule has 0 aliphatic carbocycles. The second kappa shape index (κ2) is 11.8. The Morgan fingerprint density at radius 3 is 1.49 bits per heavy atom. The van der Waals surface area contributed by atoms with Crippen molar-refractivity contribution in [2.24, 2.45) is 0 Å². The van der Waals surface area contributed by atoms with Crippen LogP contribution in [0.3, 0.4) is 0 Å². The average molecular weight is 700 g/mol. The van der Waals surface area contributed by atoms with Crippen molar-refractivity contribution in [2.45, 2.75) is 0 Å². The van der Waals surface area contributed by atoms with Gasteiger partial charge in [-0.1, -0.05) is 103 Å². The SMILES string of the molecule is N#Cc1ccc2c3ccccc3n(-c3cccc(C#N)c3-c3ccc(-n4c5ccccc5c5c(-n6c7ccccc7c7ccccc76)cccc54)cc3)c2c1. The lowest BCUT2D eigenvalue weighted by Crippen LogP contribution is -2.00. The van der Waals surface area contributed by atoms with E-state index in [0.717, 1.165) is 61.0 Å². The maximum Gasteiger partial charge on any atom is 0.0998 e. The molecule has 3 aromatic heterocycles. The van der Waals surface area contributed by atoms with Gasteiger partial charge in [-0.05, 0) is 78.4 Å². The van der Waals surface area contributed by atoms with Crippen molar-refractivity contribution in [3.63, 3.8) is 0 Å². The van der Waals surface area contributed by atoms with Crippen LogP contribution in [0, 0.1) is 22.7 Å². The predicted octanol–water partition coefficient (Wildman–Crippen LogP) is 12.4. The first-order valence-corrected chi connectivity index (χ1v) is 18.3. The Labute approximate surface area is 316 Å². The smallest absolute Gasteiger partial charge is 0.0998 e. The van der Waals surface area contributed by atoms with Gasteiger partial charge in [0.05, 0.1) is 67.7 Å². The lowest BCUT2D eigenvalue weighted by Gasteiger charge is -2.16. The van der Waals surface area contributed by atoms with Gasteiger partial charge in [0.2, 0.25) is 0 Å². The number of fused-ring (bicyclic) bond motifs is 9. The summed E-state index contributed by atoms with van der Waals surface area (Å²) in [5, 5.41) is 27.3. The Bertz CT molecular complexity index is 3400. The molecule has 0 atom stereocenters. The van der Waals surface area contributed by atoms with E-state index in [0.29, 0.717) is 11.1 Å². The van der Waals surface area contributed by atoms with Crippen molar-refractivity contribution in [3.05, 3.63) is 187 Å². The molecule has 0 amide bonds. The number of hydrogen-bond acceptors (Lipinski definition) is 2. The summed E-state index contributed by atoms with van der Waals surface area (Å²) in [6, 6.07) is 65.9. The van der Waals surface area contributed by atoms with Gasteiger partial charge in [-0.2, -0.15) is 10.5 Å². The summed E-state index contributed by atoms with van der Waals surface area (Å²) in [4.78, 5) is 0. The lowest BCUT2D eigenvalue weighted by molar-refractivity contribution is 1.16. The fourth-order valence-corrected chi connectivity index (χ4v) is 8.85. The molecular weight excluding hydrogens is 671 g/mol. The minimum Gasteiger partial charge on any atom is -0.309 e. The highest BCUT2D eigenvalue weighted by Gasteiger charge is 2.21. The summed E-state index contributed by atoms with van der Waals surface area (Å²) in [5.74, 6) is 0. The van der Waals surface area contributed by atoms with Gasteiger partial charge >= 0.3 is 0 Å². The molecule has 254 valence electrons. The molecule has 5 nitrogen and oxygen atoms in total. The van der Waals surface area contributed by atoms with Crippen molar-refractivity contribution >= 4 is 65.4 Å². The molecule has 55 heavy (non-hydrogen) atoms. The molecule has 3 heterocycles. The van der Waals surface area contributed by atoms with Crippen LogP contribution in [0.15, 0.2) is 176 Å². The number of rotatable bonds is 4. The third kappa shape index (κ3) is 4.39. The first-order valence-electron chi connectivity index (χ1n) is 18.3. The highest BCUT2D eigenvalue weighted by Crippen LogP contribution is 2.41. The zero-order chi connectivity index (χ0) is 36.6. The van der Waals surface area contributed by atoms with Gasteiger partial charge in [-0.3, -0.25) is 0 Å². The maximum atomic E-state index is 10.5. The third-order valence-electron chi connectivity index (χ3n) is 11.1. The van der Waals surface area contributed by atoms with E-state index in [-0.39, 0.29) is 0 Å². The lowest BCUT2D eigenvalue weighted by atomic mass is 9.97. The quantitative estimate of drug-likeness (QED) is 0.184. The molecule has 0 aliphatic heterocycles. The standard InChI is InChI=1S/C50H29N5/c51-30-32-23-28-39-38-14-3-7-18-43(38)55(48(39)29-32)45-20-9-11-34(31-52)49(45)33-24-26-35(27-25-33)53-44-19-8-4-15-40(44)50-46(53)21-10-22-47(50)54-41-16-5-1-12-36(41)37-13-2-6-17-42(37)54/h1-29H. The van der Waals surface area contributed by atoms with Gasteiger partial charge in [0.25, 0.3) is 0 Å². The maximum absolute atomic E-state index is 10.5. The van der Waals surface area contributed by atoms with Crippen LogP contribution in [0.25, 0.3) is 93.6 Å². The molecule has 0 spiro atoms. The van der Waals surface area contributed by atoms with E-state index in [9.17, 15) is 10.5 Å². The van der Waals surface area contributed by atoms with Gasteiger partial charge in [0.1, 0.15) is 0 Å². The Kier molecular flexibility index (Phi) is 6.61. The van der Waals surface area contributed by atoms with E-state index in [1.165, 1.54) is 32.6 Å². The Morgan fingerprint density at radius 1 is 0.364 bits per heavy atom. The molecule has 11 aromatic rings. The summed E-state index contributed by atoms with van der Waals surface area (Å²) in [7, 11) is 0. The summed E-state index contributed by atoms with van der Waals surface area (Å²) in [6.07, 6.45) is 0. The predicted molar refractivity (Wildman–Crippen MR) is 224 cm³/mol. The van der Waals surface area contributed by atoms with Crippen LogP contribution < -0.4 is 0 Å². The van der Waals surface area contributed by atoms with Crippen molar-refractivity contribution in [1.82, 2.24) is 13.7 Å². The molecule has 5 heteroatoms. The van der Waals surface area contributed by atoms with Crippen molar-refractivity contribution in [2.75, 3.05) is 0 Å². The van der Waals surface area contributed by atoms with E-state index in [1.807, 2.05) is 42.5 Å². The topological polar surface area (TPSA) is 62.4 Å². The molecule has 0 N–H and O–H groups in total. The normalized spacial score (nSPS) is 11.6. The first-order chi connectivity index (χ1) is 27.2. The van der Waals surface area contributed by atoms with Gasteiger partial charge < -0.3 is 13.7 Å². The molecule has 0 unspecified atom stereocenters. The second-order valence-electron chi connectivity index (χ2n) is 13.9. The molecule has 11 rings (SSSR count). The van der Waals surface area contributed by atoms with Gasteiger partial charge in [-0.25, -0.2) is 0 Å². The van der Waals surface area contributed by atoms with E-state index in [4.69, 9.17) is 0 Å². The Morgan fingerprint density at radius 2 is 0.873 bits per heavy atom. The fraction of sp³-hybridized carbons (Fsp3) is 0. The van der Waals surface area contributed by atoms with Gasteiger partial charge in [0, 0.05) is 43.6 Å². The van der Waals surface area contributed by atoms with Crippen LogP contribution in [-0.4, -0.2) is 13.7 Å². The van der Waals surface area contributed by atoms with Crippen LogP contribution in [-0.2, 0) is 0 Å². The van der Waals surface area contributed by atoms with E-state index in [1.54, 1.807) is 0 Å². The highest BCUT2D eigenvalue weighted by atomic mass is 15.0. The summed E-state index contributed by atoms with van der Waals surface area (Å²) in [6.45, 7) is 0. The van der Waals surface area contributed by atoms with Crippen LogP contribution in [0.1, 0.15) is 11.1 Å². The number of aromatic nitrogens is 3. The van der Waals surface area contributed by atoms with E-state index < -0.39 is 0 Å². The summed E-state index contributed by atoms with van der Waals surface area (Å²) >= 11 is 0. The van der Waals surface area contributed by atoms with Crippen molar-refractivity contribution in [1.29, 1.82) is 10.5 Å². The van der Waals surface area contributed by atoms with Crippen LogP contribution in [0.2, 0.25) is 0 Å². The summed E-state index contributed by atoms with van der Waals surface area (Å²) < 4.78 is 6.94. The molecule has 0 bridgehead atoms. The van der Waals surface area contributed by atoms with Gasteiger partial charge in [-0.15, -0.1) is 0 Å².